The van der Waals surface area contributed by atoms with Crippen LogP contribution in [0.3, 0.4) is 0 Å². The third-order valence-electron chi connectivity index (χ3n) is 3.85. The topological polar surface area (TPSA) is 26.3 Å². The first-order chi connectivity index (χ1) is 8.95. The van der Waals surface area contributed by atoms with Gasteiger partial charge in [-0.3, -0.25) is 4.79 Å². The lowest BCUT2D eigenvalue weighted by Crippen LogP contribution is -2.14. The van der Waals surface area contributed by atoms with E-state index < -0.39 is 0 Å². The van der Waals surface area contributed by atoms with E-state index in [1.165, 1.54) is 0 Å². The van der Waals surface area contributed by atoms with Crippen molar-refractivity contribution in [1.82, 2.24) is 0 Å². The highest BCUT2D eigenvalue weighted by molar-refractivity contribution is 5.97. The minimum Gasteiger partial charge on any atom is -0.493 e. The van der Waals surface area contributed by atoms with Crippen LogP contribution in [0.5, 0.6) is 5.75 Å². The predicted octanol–water partition coefficient (Wildman–Crippen LogP) is 4.59. The Morgan fingerprint density at radius 2 is 1.68 bits per heavy atom. The zero-order valence-electron chi connectivity index (χ0n) is 12.8. The molecule has 0 aliphatic rings. The summed E-state index contributed by atoms with van der Waals surface area (Å²) in [5.74, 6) is 2.29. The molecule has 0 saturated carbocycles. The Labute approximate surface area is 117 Å². The van der Waals surface area contributed by atoms with Crippen molar-refractivity contribution in [3.8, 4) is 5.75 Å². The Balaban J connectivity index is 2.59. The van der Waals surface area contributed by atoms with E-state index in [-0.39, 0.29) is 11.7 Å². The van der Waals surface area contributed by atoms with Gasteiger partial charge in [0.15, 0.2) is 5.78 Å². The number of rotatable bonds is 7. The van der Waals surface area contributed by atoms with Crippen LogP contribution >= 0.6 is 0 Å². The van der Waals surface area contributed by atoms with Gasteiger partial charge in [-0.15, -0.1) is 0 Å². The summed E-state index contributed by atoms with van der Waals surface area (Å²) in [7, 11) is 0. The summed E-state index contributed by atoms with van der Waals surface area (Å²) >= 11 is 0. The number of hydrogen-bond acceptors (Lipinski definition) is 2. The maximum absolute atomic E-state index is 12.0. The lowest BCUT2D eigenvalue weighted by atomic mass is 9.97. The van der Waals surface area contributed by atoms with E-state index in [0.717, 1.165) is 24.3 Å². The van der Waals surface area contributed by atoms with Crippen LogP contribution in [0.1, 0.15) is 51.4 Å². The number of carbonyl (C=O) groups excluding carboxylic acids is 1. The van der Waals surface area contributed by atoms with Gasteiger partial charge >= 0.3 is 0 Å². The predicted molar refractivity (Wildman–Crippen MR) is 79.7 cm³/mol. The van der Waals surface area contributed by atoms with Crippen LogP contribution < -0.4 is 4.74 Å². The molecule has 0 aliphatic carbocycles. The van der Waals surface area contributed by atoms with Gasteiger partial charge in [-0.1, -0.05) is 34.6 Å². The van der Waals surface area contributed by atoms with E-state index in [9.17, 15) is 4.79 Å². The van der Waals surface area contributed by atoms with E-state index in [1.54, 1.807) is 0 Å². The molecule has 0 spiro atoms. The molecule has 2 nitrogen and oxygen atoms in total. The van der Waals surface area contributed by atoms with E-state index in [1.807, 2.05) is 38.1 Å². The van der Waals surface area contributed by atoms with Gasteiger partial charge in [0, 0.05) is 11.5 Å². The summed E-state index contributed by atoms with van der Waals surface area (Å²) in [6.07, 6.45) is 0.878. The number of hydrogen-bond donors (Lipinski definition) is 0. The first-order valence-electron chi connectivity index (χ1n) is 7.22. The third kappa shape index (κ3) is 4.70. The monoisotopic (exact) mass is 262 g/mol. The number of carbonyl (C=O) groups is 1. The molecule has 0 bridgehead atoms. The van der Waals surface area contributed by atoms with Crippen molar-refractivity contribution in [2.45, 2.75) is 41.0 Å². The van der Waals surface area contributed by atoms with Crippen molar-refractivity contribution in [1.29, 1.82) is 0 Å². The summed E-state index contributed by atoms with van der Waals surface area (Å²) in [6.45, 7) is 11.3. The fraction of sp³-hybridized carbons (Fsp3) is 0.588. The molecule has 0 fully saturated rings. The quantitative estimate of drug-likeness (QED) is 0.672. The van der Waals surface area contributed by atoms with E-state index in [2.05, 4.69) is 20.8 Å². The Hall–Kier alpha value is -1.31. The zero-order chi connectivity index (χ0) is 14.4. The SMILES string of the molecule is CCC(C)C(=O)c1ccc(OCC(C)C(C)C)cc1. The Kier molecular flexibility index (Phi) is 6.07. The largest absolute Gasteiger partial charge is 0.493 e. The zero-order valence-corrected chi connectivity index (χ0v) is 12.8. The van der Waals surface area contributed by atoms with Crippen LogP contribution in [-0.2, 0) is 0 Å². The summed E-state index contributed by atoms with van der Waals surface area (Å²) in [6, 6.07) is 7.51. The number of Topliss-reactive ketones (excluding diaryl/α,β-unsaturated/α-hetero) is 1. The molecule has 106 valence electrons. The van der Waals surface area contributed by atoms with Crippen molar-refractivity contribution in [3.63, 3.8) is 0 Å². The first-order valence-corrected chi connectivity index (χ1v) is 7.22. The molecule has 0 radical (unpaired) electrons. The molecule has 0 amide bonds. The molecule has 0 aliphatic heterocycles. The molecular formula is C17H26O2. The van der Waals surface area contributed by atoms with Crippen molar-refractivity contribution in [2.75, 3.05) is 6.61 Å². The van der Waals surface area contributed by atoms with E-state index in [0.29, 0.717) is 11.8 Å². The molecule has 2 unspecified atom stereocenters. The lowest BCUT2D eigenvalue weighted by Gasteiger charge is -2.16. The maximum Gasteiger partial charge on any atom is 0.165 e. The molecule has 19 heavy (non-hydrogen) atoms. The number of ether oxygens (including phenoxy) is 1. The van der Waals surface area contributed by atoms with Crippen LogP contribution in [0, 0.1) is 17.8 Å². The Morgan fingerprint density at radius 1 is 1.11 bits per heavy atom. The summed E-state index contributed by atoms with van der Waals surface area (Å²) in [4.78, 5) is 12.0. The van der Waals surface area contributed by atoms with Gasteiger partial charge in [0.25, 0.3) is 0 Å². The van der Waals surface area contributed by atoms with Crippen LogP contribution in [0.15, 0.2) is 24.3 Å². The van der Waals surface area contributed by atoms with Gasteiger partial charge < -0.3 is 4.74 Å². The molecular weight excluding hydrogens is 236 g/mol. The highest BCUT2D eigenvalue weighted by Crippen LogP contribution is 2.18. The van der Waals surface area contributed by atoms with Gasteiger partial charge in [-0.05, 0) is 42.5 Å². The fourth-order valence-corrected chi connectivity index (χ4v) is 1.61. The third-order valence-corrected chi connectivity index (χ3v) is 3.85. The molecule has 0 N–H and O–H groups in total. The molecule has 1 aromatic carbocycles. The second-order valence-electron chi connectivity index (χ2n) is 5.73. The molecule has 0 aromatic heterocycles. The molecule has 0 heterocycles. The Bertz CT molecular complexity index is 392. The van der Waals surface area contributed by atoms with E-state index in [4.69, 9.17) is 4.74 Å². The smallest absolute Gasteiger partial charge is 0.165 e. The second kappa shape index (κ2) is 7.32. The standard InChI is InChI=1S/C17H26O2/c1-6-13(4)17(18)15-7-9-16(10-8-15)19-11-14(5)12(2)3/h7-10,12-14H,6,11H2,1-5H3. The van der Waals surface area contributed by atoms with Gasteiger partial charge in [-0.25, -0.2) is 0 Å². The van der Waals surface area contributed by atoms with Gasteiger partial charge in [-0.2, -0.15) is 0 Å². The van der Waals surface area contributed by atoms with Crippen LogP contribution in [0.2, 0.25) is 0 Å². The lowest BCUT2D eigenvalue weighted by molar-refractivity contribution is 0.0927. The van der Waals surface area contributed by atoms with Crippen molar-refractivity contribution in [3.05, 3.63) is 29.8 Å². The molecule has 0 saturated heterocycles. The van der Waals surface area contributed by atoms with E-state index >= 15 is 0 Å². The van der Waals surface area contributed by atoms with Gasteiger partial charge in [0.05, 0.1) is 6.61 Å². The minimum absolute atomic E-state index is 0.0905. The molecule has 2 atom stereocenters. The minimum atomic E-state index is 0.0905. The maximum atomic E-state index is 12.0. The average molecular weight is 262 g/mol. The molecule has 1 rings (SSSR count). The summed E-state index contributed by atoms with van der Waals surface area (Å²) in [5.41, 5.74) is 0.776. The number of ketones is 1. The van der Waals surface area contributed by atoms with Crippen LogP contribution in [0.25, 0.3) is 0 Å². The summed E-state index contributed by atoms with van der Waals surface area (Å²) in [5, 5.41) is 0. The second-order valence-corrected chi connectivity index (χ2v) is 5.73. The van der Waals surface area contributed by atoms with Crippen molar-refractivity contribution < 1.29 is 9.53 Å². The van der Waals surface area contributed by atoms with Gasteiger partial charge in [0.1, 0.15) is 5.75 Å². The highest BCUT2D eigenvalue weighted by atomic mass is 16.5. The van der Waals surface area contributed by atoms with Crippen molar-refractivity contribution >= 4 is 5.78 Å². The van der Waals surface area contributed by atoms with Crippen molar-refractivity contribution in [2.24, 2.45) is 17.8 Å². The Morgan fingerprint density at radius 3 is 2.16 bits per heavy atom. The van der Waals surface area contributed by atoms with Crippen LogP contribution in [0.4, 0.5) is 0 Å². The highest BCUT2D eigenvalue weighted by Gasteiger charge is 2.13. The normalized spacial score (nSPS) is 14.2. The van der Waals surface area contributed by atoms with Crippen LogP contribution in [-0.4, -0.2) is 12.4 Å². The molecule has 2 heteroatoms. The molecule has 1 aromatic rings. The number of benzene rings is 1. The summed E-state index contributed by atoms with van der Waals surface area (Å²) < 4.78 is 5.74. The average Bonchev–Trinajstić information content (AvgIpc) is 2.43. The fourth-order valence-electron chi connectivity index (χ4n) is 1.61. The first kappa shape index (κ1) is 15.7. The van der Waals surface area contributed by atoms with Gasteiger partial charge in [0.2, 0.25) is 0 Å².